The maximum Gasteiger partial charge on any atom is 0.137 e. The molecule has 5 aromatic heterocycles. The van der Waals surface area contributed by atoms with E-state index in [-0.39, 0.29) is 0 Å². The summed E-state index contributed by atoms with van der Waals surface area (Å²) >= 11 is 0. The van der Waals surface area contributed by atoms with E-state index in [2.05, 4.69) is 142 Å². The monoisotopic (exact) mass is 932 g/mol. The van der Waals surface area contributed by atoms with Crippen molar-refractivity contribution in [3.63, 3.8) is 0 Å². The molecular formula is C45H83N22+3. The zero-order valence-corrected chi connectivity index (χ0v) is 42.4. The van der Waals surface area contributed by atoms with E-state index in [1.165, 1.54) is 0 Å². The fourth-order valence-electron chi connectivity index (χ4n) is 8.90. The van der Waals surface area contributed by atoms with E-state index in [4.69, 9.17) is 10.8 Å². The number of aromatic nitrogens is 15. The van der Waals surface area contributed by atoms with Crippen molar-refractivity contribution in [1.29, 1.82) is 0 Å². The van der Waals surface area contributed by atoms with Gasteiger partial charge in [0.2, 0.25) is 0 Å². The molecule has 5 heterocycles. The molecule has 0 atom stereocenters. The Morgan fingerprint density at radius 2 is 0.776 bits per heavy atom. The van der Waals surface area contributed by atoms with Gasteiger partial charge in [0.25, 0.3) is 0 Å². The highest BCUT2D eigenvalue weighted by Gasteiger charge is 2.25. The Morgan fingerprint density at radius 3 is 1.09 bits per heavy atom. The Morgan fingerprint density at radius 1 is 0.478 bits per heavy atom. The van der Waals surface area contributed by atoms with Crippen LogP contribution in [0.1, 0.15) is 110 Å². The Hall–Kier alpha value is -5.32. The second kappa shape index (κ2) is 26.3. The molecule has 0 radical (unpaired) electrons. The van der Waals surface area contributed by atoms with Gasteiger partial charge in [-0.05, 0) is 81.6 Å². The summed E-state index contributed by atoms with van der Waals surface area (Å²) in [6.07, 6.45) is 14.5. The van der Waals surface area contributed by atoms with Gasteiger partial charge in [0, 0.05) is 77.5 Å². The predicted octanol–water partition coefficient (Wildman–Crippen LogP) is 3.43. The van der Waals surface area contributed by atoms with E-state index in [1.54, 1.807) is 6.21 Å². The molecule has 22 heteroatoms. The molecule has 0 aliphatic heterocycles. The average Bonchev–Trinajstić information content (AvgIpc) is 4.23. The number of rotatable bonds is 34. The highest BCUT2D eigenvalue weighted by molar-refractivity contribution is 6.31. The molecule has 67 heavy (non-hydrogen) atoms. The van der Waals surface area contributed by atoms with Crippen LogP contribution < -0.4 is 5.84 Å². The lowest BCUT2D eigenvalue weighted by Gasteiger charge is -2.34. The number of quaternary nitrogens is 3. The van der Waals surface area contributed by atoms with Gasteiger partial charge in [0.15, 0.2) is 0 Å². The Bertz CT molecular complexity index is 2060. The topological polar surface area (TPSA) is 208 Å². The molecule has 370 valence electrons. The predicted molar refractivity (Wildman–Crippen MR) is 260 cm³/mol. The number of nitrogens with zero attached hydrogens (tertiary/aromatic N) is 21. The van der Waals surface area contributed by atoms with Gasteiger partial charge in [0.05, 0.1) is 94.6 Å². The van der Waals surface area contributed by atoms with Gasteiger partial charge in [-0.3, -0.25) is 33.3 Å². The Balaban J connectivity index is 1.17. The second-order valence-electron chi connectivity index (χ2n) is 18.1. The molecule has 0 aliphatic carbocycles. The summed E-state index contributed by atoms with van der Waals surface area (Å²) in [7, 11) is 0. The molecule has 0 fully saturated rings. The molecule has 5 rings (SSSR count). The second-order valence-corrected chi connectivity index (χ2v) is 18.1. The first-order valence-electron chi connectivity index (χ1n) is 25.0. The largest absolute Gasteiger partial charge is 0.323 e. The fourth-order valence-corrected chi connectivity index (χ4v) is 8.90. The number of hydrogen-bond acceptors (Lipinski definition) is 14. The number of aryl methyl sites for hydroxylation is 5. The number of hydrazone groups is 1. The number of aliphatic imine (C=N–C) groups is 1. The van der Waals surface area contributed by atoms with Gasteiger partial charge in [0.1, 0.15) is 36.7 Å². The third-order valence-corrected chi connectivity index (χ3v) is 14.2. The van der Waals surface area contributed by atoms with Crippen molar-refractivity contribution in [3.05, 3.63) is 59.5 Å². The van der Waals surface area contributed by atoms with Gasteiger partial charge >= 0.3 is 0 Å². The first-order valence-corrected chi connectivity index (χ1v) is 25.0. The number of nitrogens with two attached hydrogens (primary N) is 1. The lowest BCUT2D eigenvalue weighted by Crippen LogP contribution is -2.46. The molecule has 22 nitrogen and oxygen atoms in total. The Kier molecular flexibility index (Phi) is 20.7. The van der Waals surface area contributed by atoms with Crippen LogP contribution >= 0.6 is 0 Å². The summed E-state index contributed by atoms with van der Waals surface area (Å²) < 4.78 is 12.6. The van der Waals surface area contributed by atoms with Gasteiger partial charge in [-0.15, -0.1) is 25.5 Å². The van der Waals surface area contributed by atoms with Crippen molar-refractivity contribution >= 4 is 11.9 Å². The van der Waals surface area contributed by atoms with E-state index in [1.807, 2.05) is 35.8 Å². The first-order chi connectivity index (χ1) is 32.5. The maximum absolute atomic E-state index is 5.98. The molecule has 0 aromatic carbocycles. The molecule has 0 spiro atoms. The molecule has 0 saturated carbocycles. The van der Waals surface area contributed by atoms with Crippen molar-refractivity contribution < 1.29 is 13.4 Å². The van der Waals surface area contributed by atoms with Gasteiger partial charge in [-0.2, -0.15) is 5.10 Å². The summed E-state index contributed by atoms with van der Waals surface area (Å²) in [6.45, 7) is 38.3. The third kappa shape index (κ3) is 15.6. The van der Waals surface area contributed by atoms with Crippen molar-refractivity contribution in [3.8, 4) is 0 Å². The van der Waals surface area contributed by atoms with Gasteiger partial charge in [-0.1, -0.05) is 26.1 Å². The van der Waals surface area contributed by atoms with Crippen LogP contribution in [0.5, 0.6) is 0 Å². The van der Waals surface area contributed by atoms with Crippen LogP contribution in [-0.2, 0) is 65.4 Å². The Labute approximate surface area is 398 Å². The summed E-state index contributed by atoms with van der Waals surface area (Å²) in [4.78, 5) is 6.89. The van der Waals surface area contributed by atoms with Crippen molar-refractivity contribution in [2.45, 2.75) is 147 Å². The third-order valence-electron chi connectivity index (χ3n) is 14.2. The molecule has 5 aromatic rings. The summed E-state index contributed by atoms with van der Waals surface area (Å²) in [5.41, 5.74) is 5.41. The SMILES string of the molecule is CC[N+](CC)(CC)Cc1cn(CCCN=CC(CN(Cc2cn(CCCn3cc(C[N+](CC)(CC)CC)nn3)nn2)Cc2cn(CCCn3cc(C[N+](CC)(CC)CC)nn3)nn2)=NN)nn1. The van der Waals surface area contributed by atoms with Crippen molar-refractivity contribution in [1.82, 2.24) is 79.9 Å². The van der Waals surface area contributed by atoms with Crippen LogP contribution in [0, 0.1) is 0 Å². The van der Waals surface area contributed by atoms with Crippen LogP contribution in [-0.4, -0.2) is 177 Å². The zero-order valence-electron chi connectivity index (χ0n) is 42.4. The summed E-state index contributed by atoms with van der Waals surface area (Å²) in [6, 6.07) is 0. The summed E-state index contributed by atoms with van der Waals surface area (Å²) in [5, 5.41) is 48.8. The fraction of sp³-hybridized carbons (Fsp3) is 0.733. The van der Waals surface area contributed by atoms with Gasteiger partial charge < -0.3 is 19.3 Å². The molecule has 0 saturated heterocycles. The highest BCUT2D eigenvalue weighted by Crippen LogP contribution is 2.15. The lowest BCUT2D eigenvalue weighted by atomic mass is 10.3. The summed E-state index contributed by atoms with van der Waals surface area (Å²) in [5.74, 6) is 5.98. The number of hydrogen-bond donors (Lipinski definition) is 1. The molecular weight excluding hydrogens is 849 g/mol. The molecule has 0 amide bonds. The standard InChI is InChI=1S/C45H83N22/c1-10-65(11-2,12-3)37-43-34-60(56-51-43)23-19-22-47-28-40(48-46)29-59(30-41-32-61(54-49-41)24-20-26-63-35-44(52-57-63)38-66(13-4,14-5)15-6)31-42-33-62(55-50-42)25-21-27-64-36-45(53-58-64)39-67(16-7,17-8)18-9/h28,32-36H,10-27,29-31,37-39,46H2,1-9H3/q+3. The smallest absolute Gasteiger partial charge is 0.137 e. The minimum atomic E-state index is 0.434. The molecule has 0 aliphatic rings. The average molecular weight is 932 g/mol. The van der Waals surface area contributed by atoms with E-state index in [0.717, 1.165) is 159 Å². The normalized spacial score (nSPS) is 13.0. The molecule has 2 N–H and O–H groups in total. The van der Waals surface area contributed by atoms with Crippen molar-refractivity contribution in [2.75, 3.05) is 72.0 Å². The molecule has 0 bridgehead atoms. The van der Waals surface area contributed by atoms with E-state index in [9.17, 15) is 0 Å². The first kappa shape index (κ1) is 52.6. The van der Waals surface area contributed by atoms with Crippen LogP contribution in [0.2, 0.25) is 0 Å². The van der Waals surface area contributed by atoms with Crippen molar-refractivity contribution in [2.24, 2.45) is 15.9 Å². The van der Waals surface area contributed by atoms with E-state index < -0.39 is 0 Å². The zero-order chi connectivity index (χ0) is 48.1. The molecule has 0 unspecified atom stereocenters. The lowest BCUT2D eigenvalue weighted by molar-refractivity contribution is -0.936. The minimum absolute atomic E-state index is 0.434. The minimum Gasteiger partial charge on any atom is -0.323 e. The van der Waals surface area contributed by atoms with Crippen LogP contribution in [0.15, 0.2) is 41.1 Å². The van der Waals surface area contributed by atoms with E-state index >= 15 is 0 Å². The van der Waals surface area contributed by atoms with Crippen LogP contribution in [0.3, 0.4) is 0 Å². The highest BCUT2D eigenvalue weighted by atomic mass is 15.5. The van der Waals surface area contributed by atoms with Crippen LogP contribution in [0.25, 0.3) is 0 Å². The van der Waals surface area contributed by atoms with Gasteiger partial charge in [-0.25, -0.2) is 0 Å². The van der Waals surface area contributed by atoms with Crippen LogP contribution in [0.4, 0.5) is 0 Å². The van der Waals surface area contributed by atoms with E-state index in [0.29, 0.717) is 45.0 Å². The quantitative estimate of drug-likeness (QED) is 0.0207. The maximum atomic E-state index is 5.98.